The van der Waals surface area contributed by atoms with Gasteiger partial charge in [-0.05, 0) is 40.5 Å². The number of rotatable bonds is 9. The molecule has 0 saturated carbocycles. The van der Waals surface area contributed by atoms with E-state index in [1.807, 2.05) is 35.3 Å². The first-order valence-electron chi connectivity index (χ1n) is 13.2. The highest BCUT2D eigenvalue weighted by atomic mass is 32.2. The summed E-state index contributed by atoms with van der Waals surface area (Å²) in [6.07, 6.45) is 0. The van der Waals surface area contributed by atoms with Gasteiger partial charge in [-0.25, -0.2) is 0 Å². The van der Waals surface area contributed by atoms with Crippen molar-refractivity contribution in [1.29, 1.82) is 0 Å². The molecular formula is C33H45PS3. The summed E-state index contributed by atoms with van der Waals surface area (Å²) in [4.78, 5) is 0. The minimum atomic E-state index is -0.691. The van der Waals surface area contributed by atoms with Crippen molar-refractivity contribution in [3.63, 3.8) is 0 Å². The second-order valence-corrected chi connectivity index (χ2v) is 19.9. The standard InChI is InChI=1S/C33H45PS3/c1-31(2,3)35-22-25-16-10-13-19-28(25)34(29-20-14-11-17-26(29)23-36-32(4,5)6)30-21-15-12-18-27(30)24-37-33(7,8)9/h10-21H,22-24H2,1-9H3. The molecule has 0 spiro atoms. The molecule has 0 heterocycles. The summed E-state index contributed by atoms with van der Waals surface area (Å²) in [5.41, 5.74) is 4.43. The van der Waals surface area contributed by atoms with Gasteiger partial charge < -0.3 is 0 Å². The maximum Gasteiger partial charge on any atom is 0.0196 e. The normalized spacial score (nSPS) is 12.8. The lowest BCUT2D eigenvalue weighted by atomic mass is 10.2. The summed E-state index contributed by atoms with van der Waals surface area (Å²) < 4.78 is 0.704. The number of thioether (sulfide) groups is 3. The molecule has 3 aromatic rings. The maximum atomic E-state index is 2.41. The maximum absolute atomic E-state index is 2.41. The Morgan fingerprint density at radius 1 is 0.432 bits per heavy atom. The Balaban J connectivity index is 2.18. The molecule has 3 aromatic carbocycles. The SMILES string of the molecule is CC(C)(C)SCc1ccccc1P(c1ccccc1CSC(C)(C)C)c1ccccc1CSC(C)(C)C. The Bertz CT molecular complexity index is 1000. The summed E-state index contributed by atoms with van der Waals surface area (Å²) in [7, 11) is -0.691. The van der Waals surface area contributed by atoms with Crippen molar-refractivity contribution in [3.8, 4) is 0 Å². The van der Waals surface area contributed by atoms with Gasteiger partial charge in [-0.3, -0.25) is 0 Å². The monoisotopic (exact) mass is 568 g/mol. The third-order valence-corrected chi connectivity index (χ3v) is 12.4. The molecule has 200 valence electrons. The van der Waals surface area contributed by atoms with Crippen LogP contribution < -0.4 is 15.9 Å². The van der Waals surface area contributed by atoms with Gasteiger partial charge in [0, 0.05) is 31.5 Å². The van der Waals surface area contributed by atoms with Gasteiger partial charge in [0.1, 0.15) is 0 Å². The summed E-state index contributed by atoms with van der Waals surface area (Å²) in [6, 6.07) is 27.7. The van der Waals surface area contributed by atoms with E-state index in [-0.39, 0.29) is 14.2 Å². The first kappa shape index (κ1) is 30.7. The van der Waals surface area contributed by atoms with Crippen molar-refractivity contribution < 1.29 is 0 Å². The Kier molecular flexibility index (Phi) is 10.8. The van der Waals surface area contributed by atoms with Crippen molar-refractivity contribution in [2.75, 3.05) is 0 Å². The number of hydrogen-bond acceptors (Lipinski definition) is 3. The minimum Gasteiger partial charge on any atom is -0.151 e. The van der Waals surface area contributed by atoms with Gasteiger partial charge in [0.05, 0.1) is 0 Å². The molecule has 4 heteroatoms. The van der Waals surface area contributed by atoms with Crippen LogP contribution in [0, 0.1) is 0 Å². The van der Waals surface area contributed by atoms with E-state index in [0.717, 1.165) is 17.3 Å². The molecule has 0 aliphatic carbocycles. The van der Waals surface area contributed by atoms with Crippen molar-refractivity contribution in [2.45, 2.75) is 93.8 Å². The highest BCUT2D eigenvalue weighted by Gasteiger charge is 2.26. The van der Waals surface area contributed by atoms with Crippen LogP contribution in [0.4, 0.5) is 0 Å². The Morgan fingerprint density at radius 3 is 0.919 bits per heavy atom. The largest absolute Gasteiger partial charge is 0.151 e. The van der Waals surface area contributed by atoms with E-state index >= 15 is 0 Å². The summed E-state index contributed by atoms with van der Waals surface area (Å²) >= 11 is 6.14. The number of benzene rings is 3. The van der Waals surface area contributed by atoms with E-state index < -0.39 is 7.92 Å². The van der Waals surface area contributed by atoms with Gasteiger partial charge in [-0.2, -0.15) is 35.3 Å². The highest BCUT2D eigenvalue weighted by molar-refractivity contribution is 8.00. The predicted octanol–water partition coefficient (Wildman–Crippen LogP) is 9.54. The molecule has 0 unspecified atom stereocenters. The fourth-order valence-corrected chi connectivity index (χ4v) is 9.47. The third-order valence-electron chi connectivity index (χ3n) is 5.68. The van der Waals surface area contributed by atoms with Crippen molar-refractivity contribution in [1.82, 2.24) is 0 Å². The summed E-state index contributed by atoms with van der Waals surface area (Å²) in [6.45, 7) is 20.9. The van der Waals surface area contributed by atoms with Crippen molar-refractivity contribution >= 4 is 59.1 Å². The van der Waals surface area contributed by atoms with E-state index in [2.05, 4.69) is 135 Å². The van der Waals surface area contributed by atoms with Crippen LogP contribution in [0.2, 0.25) is 0 Å². The van der Waals surface area contributed by atoms with Crippen molar-refractivity contribution in [3.05, 3.63) is 89.5 Å². The molecule has 3 rings (SSSR count). The van der Waals surface area contributed by atoms with E-state index in [9.17, 15) is 0 Å². The van der Waals surface area contributed by atoms with Gasteiger partial charge in [-0.1, -0.05) is 135 Å². The molecule has 0 aromatic heterocycles. The van der Waals surface area contributed by atoms with Crippen LogP contribution in [-0.2, 0) is 17.3 Å². The molecule has 0 aliphatic heterocycles. The molecule has 0 amide bonds. The minimum absolute atomic E-state index is 0.235. The van der Waals surface area contributed by atoms with Crippen LogP contribution in [-0.4, -0.2) is 14.2 Å². The van der Waals surface area contributed by atoms with Gasteiger partial charge in [-0.15, -0.1) is 0 Å². The fourth-order valence-electron chi connectivity index (χ4n) is 3.83. The zero-order valence-corrected chi connectivity index (χ0v) is 27.6. The zero-order chi connectivity index (χ0) is 27.3. The van der Waals surface area contributed by atoms with Gasteiger partial charge >= 0.3 is 0 Å². The molecule has 0 radical (unpaired) electrons. The highest BCUT2D eigenvalue weighted by Crippen LogP contribution is 2.41. The molecule has 0 saturated heterocycles. The molecule has 0 N–H and O–H groups in total. The van der Waals surface area contributed by atoms with Crippen LogP contribution in [0.15, 0.2) is 72.8 Å². The van der Waals surface area contributed by atoms with E-state index in [0.29, 0.717) is 0 Å². The lowest BCUT2D eigenvalue weighted by Crippen LogP contribution is -2.28. The molecule has 0 fully saturated rings. The van der Waals surface area contributed by atoms with E-state index in [1.165, 1.54) is 32.6 Å². The van der Waals surface area contributed by atoms with Gasteiger partial charge in [0.15, 0.2) is 0 Å². The average molecular weight is 569 g/mol. The Hall–Kier alpha value is -0.860. The zero-order valence-electron chi connectivity index (χ0n) is 24.2. The van der Waals surface area contributed by atoms with Gasteiger partial charge in [0.2, 0.25) is 0 Å². The quantitative estimate of drug-likeness (QED) is 0.236. The molecule has 0 atom stereocenters. The van der Waals surface area contributed by atoms with Gasteiger partial charge in [0.25, 0.3) is 0 Å². The molecule has 0 bridgehead atoms. The van der Waals surface area contributed by atoms with Crippen LogP contribution >= 0.6 is 43.2 Å². The lowest BCUT2D eigenvalue weighted by molar-refractivity contribution is 0.802. The number of hydrogen-bond donors (Lipinski definition) is 0. The fraction of sp³-hybridized carbons (Fsp3) is 0.455. The van der Waals surface area contributed by atoms with Crippen LogP contribution in [0.1, 0.15) is 79.0 Å². The third kappa shape index (κ3) is 9.99. The van der Waals surface area contributed by atoms with E-state index in [1.54, 1.807) is 0 Å². The van der Waals surface area contributed by atoms with Crippen LogP contribution in [0.3, 0.4) is 0 Å². The Labute approximate surface area is 241 Å². The molecular weight excluding hydrogens is 524 g/mol. The lowest BCUT2D eigenvalue weighted by Gasteiger charge is -2.28. The van der Waals surface area contributed by atoms with E-state index in [4.69, 9.17) is 0 Å². The molecule has 0 nitrogen and oxygen atoms in total. The molecule has 0 aliphatic rings. The molecule has 37 heavy (non-hydrogen) atoms. The topological polar surface area (TPSA) is 0 Å². The smallest absolute Gasteiger partial charge is 0.0196 e. The summed E-state index contributed by atoms with van der Waals surface area (Å²) in [5.74, 6) is 3.11. The first-order chi connectivity index (χ1) is 17.2. The predicted molar refractivity (Wildman–Crippen MR) is 178 cm³/mol. The average Bonchev–Trinajstić information content (AvgIpc) is 2.81. The Morgan fingerprint density at radius 2 is 0.676 bits per heavy atom. The second kappa shape index (κ2) is 13.0. The second-order valence-electron chi connectivity index (χ2n) is 12.4. The van der Waals surface area contributed by atoms with Crippen molar-refractivity contribution in [2.24, 2.45) is 0 Å². The first-order valence-corrected chi connectivity index (χ1v) is 17.5. The summed E-state index contributed by atoms with van der Waals surface area (Å²) in [5, 5.41) is 4.53. The van der Waals surface area contributed by atoms with Crippen LogP contribution in [0.5, 0.6) is 0 Å². The van der Waals surface area contributed by atoms with Crippen LogP contribution in [0.25, 0.3) is 0 Å².